The first-order chi connectivity index (χ1) is 11.6. The van der Waals surface area contributed by atoms with Gasteiger partial charge in [0, 0.05) is 5.02 Å². The molecular weight excluding hydrogens is 322 g/mol. The second-order valence-corrected chi connectivity index (χ2v) is 6.37. The molecule has 1 N–H and O–H groups in total. The van der Waals surface area contributed by atoms with E-state index < -0.39 is 5.72 Å². The van der Waals surface area contributed by atoms with E-state index in [1.165, 1.54) is 0 Å². The maximum atomic E-state index is 5.93. The Morgan fingerprint density at radius 2 is 1.92 bits per heavy atom. The Hall–Kier alpha value is -2.33. The molecule has 1 heterocycles. The fourth-order valence-corrected chi connectivity index (χ4v) is 2.69. The molecule has 0 saturated carbocycles. The third-order valence-corrected chi connectivity index (χ3v) is 4.16. The van der Waals surface area contributed by atoms with Crippen molar-refractivity contribution in [3.63, 3.8) is 0 Å². The van der Waals surface area contributed by atoms with Gasteiger partial charge in [-0.25, -0.2) is 0 Å². The second kappa shape index (κ2) is 7.05. The third-order valence-electron chi connectivity index (χ3n) is 3.91. The number of nitrogens with zero attached hydrogens (tertiary/aromatic N) is 2. The topological polar surface area (TPSA) is 46.0 Å². The lowest BCUT2D eigenvalue weighted by molar-refractivity contribution is -0.0299. The van der Waals surface area contributed by atoms with Crippen molar-refractivity contribution in [1.29, 1.82) is 0 Å². The molecule has 1 unspecified atom stereocenters. The van der Waals surface area contributed by atoms with Crippen LogP contribution in [0.2, 0.25) is 5.02 Å². The Morgan fingerprint density at radius 1 is 1.21 bits per heavy atom. The zero-order valence-electron chi connectivity index (χ0n) is 13.8. The van der Waals surface area contributed by atoms with Gasteiger partial charge in [-0.05, 0) is 36.6 Å². The summed E-state index contributed by atoms with van der Waals surface area (Å²) >= 11 is 5.93. The predicted molar refractivity (Wildman–Crippen MR) is 98.5 cm³/mol. The summed E-state index contributed by atoms with van der Waals surface area (Å²) in [6.45, 7) is 4.03. The van der Waals surface area contributed by atoms with Crippen LogP contribution in [0.5, 0.6) is 0 Å². The minimum Gasteiger partial charge on any atom is -0.366 e. The lowest BCUT2D eigenvalue weighted by Crippen LogP contribution is -2.39. The van der Waals surface area contributed by atoms with Crippen LogP contribution in [0.15, 0.2) is 64.9 Å². The number of benzene rings is 2. The highest BCUT2D eigenvalue weighted by Gasteiger charge is 2.34. The van der Waals surface area contributed by atoms with E-state index >= 15 is 0 Å². The van der Waals surface area contributed by atoms with E-state index in [1.54, 1.807) is 0 Å². The van der Waals surface area contributed by atoms with E-state index in [2.05, 4.69) is 34.7 Å². The fourth-order valence-electron chi connectivity index (χ4n) is 2.56. The van der Waals surface area contributed by atoms with Crippen molar-refractivity contribution in [2.45, 2.75) is 32.4 Å². The third kappa shape index (κ3) is 3.77. The fraction of sp³-hybridized carbons (Fsp3) is 0.263. The highest BCUT2D eigenvalue weighted by atomic mass is 35.5. The molecule has 0 aromatic heterocycles. The summed E-state index contributed by atoms with van der Waals surface area (Å²) in [5, 5.41) is 9.47. The first kappa shape index (κ1) is 16.5. The number of hydrogen-bond donors (Lipinski definition) is 1. The Labute approximate surface area is 147 Å². The molecule has 3 rings (SSSR count). The van der Waals surface area contributed by atoms with E-state index in [4.69, 9.17) is 16.4 Å². The minimum atomic E-state index is -0.649. The molecule has 0 fully saturated rings. The summed E-state index contributed by atoms with van der Waals surface area (Å²) in [7, 11) is 0. The van der Waals surface area contributed by atoms with Crippen molar-refractivity contribution in [2.24, 2.45) is 10.3 Å². The molecule has 1 atom stereocenters. The molecule has 0 amide bonds. The summed E-state index contributed by atoms with van der Waals surface area (Å²) in [5.74, 6) is 0. The number of hydrogen-bond acceptors (Lipinski definition) is 4. The smallest absolute Gasteiger partial charge is 0.224 e. The van der Waals surface area contributed by atoms with Crippen LogP contribution in [-0.4, -0.2) is 17.1 Å². The van der Waals surface area contributed by atoms with Crippen molar-refractivity contribution >= 4 is 23.0 Å². The predicted octanol–water partition coefficient (Wildman–Crippen LogP) is 4.58. The SMILES string of the molecule is CC/C(=N\NC1(C)CC(c2ccc(Cl)cc2)=NO1)c1ccccc1. The van der Waals surface area contributed by atoms with Crippen LogP contribution in [0, 0.1) is 0 Å². The molecule has 0 bridgehead atoms. The maximum Gasteiger partial charge on any atom is 0.224 e. The standard InChI is InChI=1S/C19H20ClN3O/c1-3-17(14-7-5-4-6-8-14)21-23-19(2)13-18(22-24-19)15-9-11-16(20)12-10-15/h4-12,23H,3,13H2,1-2H3/b21-17+. The summed E-state index contributed by atoms with van der Waals surface area (Å²) < 4.78 is 0. The van der Waals surface area contributed by atoms with Gasteiger partial charge >= 0.3 is 0 Å². The summed E-state index contributed by atoms with van der Waals surface area (Å²) in [6, 6.07) is 17.7. The van der Waals surface area contributed by atoms with E-state index in [0.29, 0.717) is 11.4 Å². The van der Waals surface area contributed by atoms with E-state index in [9.17, 15) is 0 Å². The number of oxime groups is 1. The maximum absolute atomic E-state index is 5.93. The molecule has 24 heavy (non-hydrogen) atoms. The second-order valence-electron chi connectivity index (χ2n) is 5.93. The average molecular weight is 342 g/mol. The minimum absolute atomic E-state index is 0.629. The van der Waals surface area contributed by atoms with Crippen molar-refractivity contribution in [3.8, 4) is 0 Å². The molecule has 0 radical (unpaired) electrons. The van der Waals surface area contributed by atoms with Gasteiger partial charge in [-0.2, -0.15) is 5.10 Å². The zero-order valence-corrected chi connectivity index (χ0v) is 14.5. The monoisotopic (exact) mass is 341 g/mol. The molecular formula is C19H20ClN3O. The van der Waals surface area contributed by atoms with Crippen molar-refractivity contribution in [3.05, 3.63) is 70.7 Å². The van der Waals surface area contributed by atoms with Crippen LogP contribution >= 0.6 is 11.6 Å². The Bertz CT molecular complexity index is 756. The molecule has 124 valence electrons. The van der Waals surface area contributed by atoms with Crippen molar-refractivity contribution in [1.82, 2.24) is 5.43 Å². The highest BCUT2D eigenvalue weighted by Crippen LogP contribution is 2.25. The number of rotatable bonds is 5. The number of halogens is 1. The van der Waals surface area contributed by atoms with Gasteiger partial charge in [0.2, 0.25) is 5.72 Å². The number of hydrazone groups is 1. The molecule has 1 aliphatic heterocycles. The first-order valence-corrected chi connectivity index (χ1v) is 8.37. The van der Waals surface area contributed by atoms with Gasteiger partial charge in [-0.3, -0.25) is 5.43 Å². The molecule has 0 saturated heterocycles. The summed E-state index contributed by atoms with van der Waals surface area (Å²) in [4.78, 5) is 5.61. The Morgan fingerprint density at radius 3 is 2.58 bits per heavy atom. The van der Waals surface area contributed by atoms with Crippen molar-refractivity contribution < 1.29 is 4.84 Å². The van der Waals surface area contributed by atoms with Gasteiger partial charge in [-0.1, -0.05) is 66.1 Å². The van der Waals surface area contributed by atoms with E-state index in [0.717, 1.165) is 29.0 Å². The molecule has 5 heteroatoms. The molecule has 2 aromatic rings. The largest absolute Gasteiger partial charge is 0.366 e. The van der Waals surface area contributed by atoms with Crippen LogP contribution in [0.3, 0.4) is 0 Å². The van der Waals surface area contributed by atoms with Crippen LogP contribution in [-0.2, 0) is 4.84 Å². The quantitative estimate of drug-likeness (QED) is 0.639. The van der Waals surface area contributed by atoms with Gasteiger partial charge in [-0.15, -0.1) is 0 Å². The molecule has 2 aromatic carbocycles. The molecule has 0 spiro atoms. The van der Waals surface area contributed by atoms with E-state index in [1.807, 2.05) is 49.4 Å². The van der Waals surface area contributed by atoms with Gasteiger partial charge in [0.25, 0.3) is 0 Å². The van der Waals surface area contributed by atoms with Gasteiger partial charge in [0.1, 0.15) is 0 Å². The van der Waals surface area contributed by atoms with E-state index in [-0.39, 0.29) is 0 Å². The first-order valence-electron chi connectivity index (χ1n) is 8.00. The normalized spacial score (nSPS) is 20.5. The van der Waals surface area contributed by atoms with Gasteiger partial charge in [0.15, 0.2) is 0 Å². The summed E-state index contributed by atoms with van der Waals surface area (Å²) in [5.41, 5.74) is 6.48. The number of nitrogens with one attached hydrogen (secondary N) is 1. The molecule has 4 nitrogen and oxygen atoms in total. The van der Waals surface area contributed by atoms with Gasteiger partial charge in [0.05, 0.1) is 17.8 Å². The molecule has 1 aliphatic rings. The van der Waals surface area contributed by atoms with Crippen LogP contribution in [0.25, 0.3) is 0 Å². The Balaban J connectivity index is 1.70. The summed E-state index contributed by atoms with van der Waals surface area (Å²) in [6.07, 6.45) is 1.46. The lowest BCUT2D eigenvalue weighted by atomic mass is 10.0. The highest BCUT2D eigenvalue weighted by molar-refractivity contribution is 6.30. The average Bonchev–Trinajstić information content (AvgIpc) is 3.00. The Kier molecular flexibility index (Phi) is 4.86. The van der Waals surface area contributed by atoms with Crippen LogP contribution in [0.4, 0.5) is 0 Å². The zero-order chi connectivity index (χ0) is 17.0. The van der Waals surface area contributed by atoms with Crippen LogP contribution < -0.4 is 5.43 Å². The van der Waals surface area contributed by atoms with Crippen LogP contribution in [0.1, 0.15) is 37.8 Å². The van der Waals surface area contributed by atoms with Gasteiger partial charge < -0.3 is 4.84 Å². The lowest BCUT2D eigenvalue weighted by Gasteiger charge is -2.21. The van der Waals surface area contributed by atoms with Crippen molar-refractivity contribution in [2.75, 3.05) is 0 Å². The molecule has 0 aliphatic carbocycles.